The molecule has 29 heavy (non-hydrogen) atoms. The van der Waals surface area contributed by atoms with E-state index in [0.717, 1.165) is 12.2 Å². The number of para-hydroxylation sites is 1. The standard InChI is InChI=1S/C20H25N7O2/c1-3-21-20-25-14(2)12-17(26-20)22-9-10-23-18(28)8-11-27-13-24-16-7-5-4-6-15(16)19(27)29/h4-7,12-13H,3,8-11H2,1-2H3,(H,23,28)(H2,21,22,25,26). The molecular formula is C20H25N7O2. The third kappa shape index (κ3) is 5.50. The molecule has 0 bridgehead atoms. The summed E-state index contributed by atoms with van der Waals surface area (Å²) in [6.07, 6.45) is 1.69. The zero-order valence-electron chi connectivity index (χ0n) is 16.6. The Labute approximate surface area is 168 Å². The van der Waals surface area contributed by atoms with Crippen LogP contribution in [0.1, 0.15) is 19.0 Å². The number of carbonyl (C=O) groups is 1. The van der Waals surface area contributed by atoms with Crippen molar-refractivity contribution in [3.8, 4) is 0 Å². The first kappa shape index (κ1) is 20.2. The molecule has 0 unspecified atom stereocenters. The molecule has 9 heteroatoms. The second kappa shape index (κ2) is 9.63. The quantitative estimate of drug-likeness (QED) is 0.471. The van der Waals surface area contributed by atoms with Crippen LogP contribution in [0.25, 0.3) is 10.9 Å². The number of carbonyl (C=O) groups excluding carboxylic acids is 1. The van der Waals surface area contributed by atoms with Gasteiger partial charge in [-0.1, -0.05) is 12.1 Å². The zero-order chi connectivity index (χ0) is 20.6. The average molecular weight is 395 g/mol. The van der Waals surface area contributed by atoms with Gasteiger partial charge >= 0.3 is 0 Å². The van der Waals surface area contributed by atoms with Crippen LogP contribution in [0.5, 0.6) is 0 Å². The maximum Gasteiger partial charge on any atom is 0.261 e. The van der Waals surface area contributed by atoms with Crippen LogP contribution in [0.2, 0.25) is 0 Å². The third-order valence-electron chi connectivity index (χ3n) is 4.25. The van der Waals surface area contributed by atoms with Crippen molar-refractivity contribution in [2.24, 2.45) is 0 Å². The van der Waals surface area contributed by atoms with Crippen molar-refractivity contribution in [1.82, 2.24) is 24.8 Å². The number of nitrogens with zero attached hydrogens (tertiary/aromatic N) is 4. The van der Waals surface area contributed by atoms with Crippen LogP contribution < -0.4 is 21.5 Å². The average Bonchev–Trinajstić information content (AvgIpc) is 2.71. The molecule has 0 atom stereocenters. The fraction of sp³-hybridized carbons (Fsp3) is 0.350. The fourth-order valence-electron chi connectivity index (χ4n) is 2.86. The van der Waals surface area contributed by atoms with Crippen LogP contribution in [0.15, 0.2) is 41.5 Å². The highest BCUT2D eigenvalue weighted by Gasteiger charge is 2.06. The highest BCUT2D eigenvalue weighted by atomic mass is 16.1. The minimum atomic E-state index is -0.138. The topological polar surface area (TPSA) is 114 Å². The van der Waals surface area contributed by atoms with Gasteiger partial charge in [-0.3, -0.25) is 14.2 Å². The molecule has 0 spiro atoms. The van der Waals surface area contributed by atoms with E-state index in [2.05, 4.69) is 30.9 Å². The summed E-state index contributed by atoms with van der Waals surface area (Å²) in [7, 11) is 0. The van der Waals surface area contributed by atoms with E-state index in [1.54, 1.807) is 18.2 Å². The summed E-state index contributed by atoms with van der Waals surface area (Å²) in [6, 6.07) is 9.02. The Balaban J connectivity index is 1.45. The highest BCUT2D eigenvalue weighted by Crippen LogP contribution is 2.09. The summed E-state index contributed by atoms with van der Waals surface area (Å²) in [5, 5.41) is 9.64. The molecule has 0 aliphatic heterocycles. The number of anilines is 2. The molecule has 0 fully saturated rings. The third-order valence-corrected chi connectivity index (χ3v) is 4.25. The van der Waals surface area contributed by atoms with Gasteiger partial charge < -0.3 is 16.0 Å². The van der Waals surface area contributed by atoms with Crippen molar-refractivity contribution in [3.05, 3.63) is 52.7 Å². The van der Waals surface area contributed by atoms with Gasteiger partial charge in [-0.05, 0) is 26.0 Å². The van der Waals surface area contributed by atoms with Crippen LogP contribution >= 0.6 is 0 Å². The number of rotatable bonds is 9. The molecule has 3 N–H and O–H groups in total. The Kier molecular flexibility index (Phi) is 6.72. The number of hydrogen-bond acceptors (Lipinski definition) is 7. The van der Waals surface area contributed by atoms with E-state index in [-0.39, 0.29) is 24.4 Å². The van der Waals surface area contributed by atoms with E-state index in [9.17, 15) is 9.59 Å². The molecule has 2 aromatic heterocycles. The Morgan fingerprint density at radius 2 is 1.97 bits per heavy atom. The molecule has 0 aliphatic carbocycles. The maximum absolute atomic E-state index is 12.4. The van der Waals surface area contributed by atoms with E-state index in [1.165, 1.54) is 10.9 Å². The van der Waals surface area contributed by atoms with Crippen molar-refractivity contribution < 1.29 is 4.79 Å². The van der Waals surface area contributed by atoms with Gasteiger partial charge in [0.1, 0.15) is 5.82 Å². The number of benzene rings is 1. The molecule has 0 aliphatic rings. The van der Waals surface area contributed by atoms with E-state index >= 15 is 0 Å². The highest BCUT2D eigenvalue weighted by molar-refractivity contribution is 5.77. The number of aromatic nitrogens is 4. The lowest BCUT2D eigenvalue weighted by molar-refractivity contribution is -0.121. The summed E-state index contributed by atoms with van der Waals surface area (Å²) in [5.74, 6) is 1.16. The van der Waals surface area contributed by atoms with Gasteiger partial charge in [-0.25, -0.2) is 9.97 Å². The molecule has 2 heterocycles. The summed E-state index contributed by atoms with van der Waals surface area (Å²) < 4.78 is 1.46. The van der Waals surface area contributed by atoms with E-state index in [4.69, 9.17) is 0 Å². The van der Waals surface area contributed by atoms with Gasteiger partial charge in [0, 0.05) is 44.4 Å². The Morgan fingerprint density at radius 1 is 1.14 bits per heavy atom. The SMILES string of the molecule is CCNc1nc(C)cc(NCCNC(=O)CCn2cnc3ccccc3c2=O)n1. The van der Waals surface area contributed by atoms with Gasteiger partial charge in [0.05, 0.1) is 17.2 Å². The Morgan fingerprint density at radius 3 is 2.79 bits per heavy atom. The zero-order valence-corrected chi connectivity index (χ0v) is 16.6. The van der Waals surface area contributed by atoms with E-state index in [0.29, 0.717) is 35.8 Å². The number of fused-ring (bicyclic) bond motifs is 1. The van der Waals surface area contributed by atoms with Crippen molar-refractivity contribution >= 4 is 28.6 Å². The second-order valence-electron chi connectivity index (χ2n) is 6.54. The van der Waals surface area contributed by atoms with Crippen molar-refractivity contribution in [1.29, 1.82) is 0 Å². The van der Waals surface area contributed by atoms with Crippen LogP contribution in [0.3, 0.4) is 0 Å². The lowest BCUT2D eigenvalue weighted by Crippen LogP contribution is -2.31. The predicted octanol–water partition coefficient (Wildman–Crippen LogP) is 1.55. The van der Waals surface area contributed by atoms with Crippen molar-refractivity contribution in [2.75, 3.05) is 30.3 Å². The van der Waals surface area contributed by atoms with Crippen LogP contribution in [0.4, 0.5) is 11.8 Å². The van der Waals surface area contributed by atoms with Crippen molar-refractivity contribution in [2.45, 2.75) is 26.8 Å². The van der Waals surface area contributed by atoms with Gasteiger partial charge in [0.15, 0.2) is 0 Å². The molecule has 0 saturated carbocycles. The first-order chi connectivity index (χ1) is 14.1. The van der Waals surface area contributed by atoms with E-state index in [1.807, 2.05) is 26.0 Å². The van der Waals surface area contributed by atoms with Crippen molar-refractivity contribution in [3.63, 3.8) is 0 Å². The smallest absolute Gasteiger partial charge is 0.261 e. The molecule has 1 amide bonds. The van der Waals surface area contributed by atoms with Crippen LogP contribution in [0, 0.1) is 6.92 Å². The monoisotopic (exact) mass is 395 g/mol. The summed E-state index contributed by atoms with van der Waals surface area (Å²) in [4.78, 5) is 37.4. The van der Waals surface area contributed by atoms with Gasteiger partial charge in [0.2, 0.25) is 11.9 Å². The minimum absolute atomic E-state index is 0.126. The van der Waals surface area contributed by atoms with Gasteiger partial charge in [-0.2, -0.15) is 4.98 Å². The minimum Gasteiger partial charge on any atom is -0.368 e. The second-order valence-corrected chi connectivity index (χ2v) is 6.54. The molecule has 0 saturated heterocycles. The molecule has 1 aromatic carbocycles. The largest absolute Gasteiger partial charge is 0.368 e. The molecule has 3 rings (SSSR count). The number of amides is 1. The summed E-state index contributed by atoms with van der Waals surface area (Å²) in [6.45, 7) is 5.89. The van der Waals surface area contributed by atoms with Crippen LogP contribution in [-0.4, -0.2) is 45.1 Å². The molecule has 9 nitrogen and oxygen atoms in total. The van der Waals surface area contributed by atoms with Gasteiger partial charge in [0.25, 0.3) is 5.56 Å². The Hall–Kier alpha value is -3.49. The van der Waals surface area contributed by atoms with Gasteiger partial charge in [-0.15, -0.1) is 0 Å². The number of aryl methyl sites for hydroxylation is 2. The lowest BCUT2D eigenvalue weighted by Gasteiger charge is -2.10. The Bertz CT molecular complexity index is 1050. The molecule has 3 aromatic rings. The van der Waals surface area contributed by atoms with Crippen LogP contribution in [-0.2, 0) is 11.3 Å². The molecule has 152 valence electrons. The summed E-state index contributed by atoms with van der Waals surface area (Å²) in [5.41, 5.74) is 1.37. The lowest BCUT2D eigenvalue weighted by atomic mass is 10.2. The molecule has 0 radical (unpaired) electrons. The number of hydrogen-bond donors (Lipinski definition) is 3. The first-order valence-electron chi connectivity index (χ1n) is 9.61. The predicted molar refractivity (Wildman–Crippen MR) is 113 cm³/mol. The molecular weight excluding hydrogens is 370 g/mol. The first-order valence-corrected chi connectivity index (χ1v) is 9.61. The number of nitrogens with one attached hydrogen (secondary N) is 3. The maximum atomic E-state index is 12.4. The normalized spacial score (nSPS) is 10.7. The summed E-state index contributed by atoms with van der Waals surface area (Å²) >= 11 is 0. The van der Waals surface area contributed by atoms with E-state index < -0.39 is 0 Å². The fourth-order valence-corrected chi connectivity index (χ4v) is 2.86.